The van der Waals surface area contributed by atoms with Crippen molar-refractivity contribution in [3.63, 3.8) is 0 Å². The summed E-state index contributed by atoms with van der Waals surface area (Å²) in [6, 6.07) is 48.1. The maximum absolute atomic E-state index is 8.06. The third-order valence-electron chi connectivity index (χ3n) is 14.9. The van der Waals surface area contributed by atoms with Crippen LogP contribution in [0, 0.1) is 0 Å². The minimum absolute atomic E-state index is 0.723. The van der Waals surface area contributed by atoms with Gasteiger partial charge in [0.1, 0.15) is 11.5 Å². The van der Waals surface area contributed by atoms with Crippen molar-refractivity contribution in [1.29, 1.82) is 0 Å². The fourth-order valence-electron chi connectivity index (χ4n) is 11.2. The molecule has 0 fully saturated rings. The second kappa shape index (κ2) is 27.1. The Morgan fingerprint density at radius 3 is 0.887 bits per heavy atom. The van der Waals surface area contributed by atoms with Gasteiger partial charge in [-0.15, -0.1) is 0 Å². The SMILES string of the molecule is CCCCCCCc1c2ccccc2c(CCCCCCC)c2c(Oc3c(Oc4ccccc4)ccc4c(CCCCCCC)c5ccccc5c(CCCCCCC)c34)c(Oc3ccccc3)ccc12. The number of para-hydroxylation sites is 2. The Morgan fingerprint density at radius 2 is 0.549 bits per heavy atom. The summed E-state index contributed by atoms with van der Waals surface area (Å²) in [4.78, 5) is 0. The van der Waals surface area contributed by atoms with Crippen LogP contribution >= 0.6 is 0 Å². The number of ether oxygens (including phenoxy) is 3. The average molecular weight is 947 g/mol. The van der Waals surface area contributed by atoms with Crippen LogP contribution in [0.5, 0.6) is 34.5 Å². The average Bonchev–Trinajstić information content (AvgIpc) is 3.40. The topological polar surface area (TPSA) is 27.7 Å². The Hall–Kier alpha value is -5.80. The van der Waals surface area contributed by atoms with Crippen molar-refractivity contribution in [2.45, 2.75) is 182 Å². The van der Waals surface area contributed by atoms with E-state index in [1.807, 2.05) is 0 Å². The van der Waals surface area contributed by atoms with Gasteiger partial charge in [-0.3, -0.25) is 0 Å². The molecule has 0 aliphatic carbocycles. The number of unbranched alkanes of at least 4 members (excludes halogenated alkanes) is 16. The van der Waals surface area contributed by atoms with Crippen LogP contribution in [0.2, 0.25) is 0 Å². The van der Waals surface area contributed by atoms with Crippen molar-refractivity contribution in [3.05, 3.63) is 156 Å². The van der Waals surface area contributed by atoms with Gasteiger partial charge in [-0.25, -0.2) is 0 Å². The quantitative estimate of drug-likeness (QED) is 0.0332. The molecular weight excluding hydrogens is 865 g/mol. The first-order valence-electron chi connectivity index (χ1n) is 28.3. The zero-order valence-corrected chi connectivity index (χ0v) is 43.9. The summed E-state index contributed by atoms with van der Waals surface area (Å²) in [5.41, 5.74) is 5.55. The molecule has 0 saturated heterocycles. The van der Waals surface area contributed by atoms with Crippen LogP contribution in [0.15, 0.2) is 133 Å². The number of hydrogen-bond acceptors (Lipinski definition) is 3. The fraction of sp³-hybridized carbons (Fsp3) is 0.412. The lowest BCUT2D eigenvalue weighted by Gasteiger charge is -2.25. The maximum Gasteiger partial charge on any atom is 0.178 e. The normalized spacial score (nSPS) is 11.6. The Kier molecular flexibility index (Phi) is 19.7. The van der Waals surface area contributed by atoms with E-state index in [-0.39, 0.29) is 0 Å². The smallest absolute Gasteiger partial charge is 0.178 e. The molecule has 372 valence electrons. The van der Waals surface area contributed by atoms with E-state index < -0.39 is 0 Å². The summed E-state index contributed by atoms with van der Waals surface area (Å²) in [5.74, 6) is 4.58. The van der Waals surface area contributed by atoms with Gasteiger partial charge >= 0.3 is 0 Å². The summed E-state index contributed by atoms with van der Waals surface area (Å²) >= 11 is 0. The predicted molar refractivity (Wildman–Crippen MR) is 306 cm³/mol. The summed E-state index contributed by atoms with van der Waals surface area (Å²) in [5, 5.41) is 10.3. The third kappa shape index (κ3) is 13.0. The molecule has 71 heavy (non-hydrogen) atoms. The molecule has 0 atom stereocenters. The molecule has 0 radical (unpaired) electrons. The van der Waals surface area contributed by atoms with Crippen molar-refractivity contribution in [2.75, 3.05) is 0 Å². The maximum atomic E-state index is 8.06. The van der Waals surface area contributed by atoms with Crippen LogP contribution in [0.25, 0.3) is 43.1 Å². The van der Waals surface area contributed by atoms with Gasteiger partial charge in [-0.05, 0) is 142 Å². The molecule has 0 aliphatic heterocycles. The Balaban J connectivity index is 1.44. The molecule has 0 aromatic heterocycles. The number of hydrogen-bond donors (Lipinski definition) is 0. The monoisotopic (exact) mass is 947 g/mol. The number of benzene rings is 8. The van der Waals surface area contributed by atoms with Crippen LogP contribution in [0.3, 0.4) is 0 Å². The van der Waals surface area contributed by atoms with E-state index in [1.165, 1.54) is 168 Å². The zero-order valence-electron chi connectivity index (χ0n) is 43.9. The van der Waals surface area contributed by atoms with Crippen LogP contribution in [0.4, 0.5) is 0 Å². The van der Waals surface area contributed by atoms with E-state index in [0.29, 0.717) is 0 Å². The van der Waals surface area contributed by atoms with E-state index in [9.17, 15) is 0 Å². The predicted octanol–water partition coefficient (Wildman–Crippen LogP) is 21.7. The molecule has 0 spiro atoms. The second-order valence-electron chi connectivity index (χ2n) is 20.2. The molecule has 0 aliphatic rings. The molecule has 3 nitrogen and oxygen atoms in total. The van der Waals surface area contributed by atoms with Gasteiger partial charge in [0.05, 0.1) is 0 Å². The first-order valence-corrected chi connectivity index (χ1v) is 28.3. The molecule has 0 bridgehead atoms. The lowest BCUT2D eigenvalue weighted by molar-refractivity contribution is 0.400. The van der Waals surface area contributed by atoms with Gasteiger partial charge in [-0.2, -0.15) is 0 Å². The molecule has 0 heterocycles. The minimum Gasteiger partial charge on any atom is -0.453 e. The molecule has 0 N–H and O–H groups in total. The lowest BCUT2D eigenvalue weighted by atomic mass is 9.86. The van der Waals surface area contributed by atoms with Gasteiger partial charge in [0.25, 0.3) is 0 Å². The van der Waals surface area contributed by atoms with E-state index >= 15 is 0 Å². The van der Waals surface area contributed by atoms with Crippen LogP contribution in [-0.4, -0.2) is 0 Å². The van der Waals surface area contributed by atoms with Crippen molar-refractivity contribution in [1.82, 2.24) is 0 Å². The Morgan fingerprint density at radius 1 is 0.254 bits per heavy atom. The van der Waals surface area contributed by atoms with E-state index in [4.69, 9.17) is 14.2 Å². The fourth-order valence-corrected chi connectivity index (χ4v) is 11.2. The van der Waals surface area contributed by atoms with Crippen LogP contribution < -0.4 is 14.2 Å². The Labute approximate surface area is 427 Å². The first-order chi connectivity index (χ1) is 35.1. The summed E-state index contributed by atoms with van der Waals surface area (Å²) < 4.78 is 22.2. The summed E-state index contributed by atoms with van der Waals surface area (Å²) in [6.07, 6.45) is 28.4. The van der Waals surface area contributed by atoms with Gasteiger partial charge in [-0.1, -0.05) is 227 Å². The molecule has 8 rings (SSSR count). The second-order valence-corrected chi connectivity index (χ2v) is 20.2. The summed E-state index contributed by atoms with van der Waals surface area (Å²) in [6.45, 7) is 9.22. The number of rotatable bonds is 30. The molecule has 0 saturated carbocycles. The molecule has 0 amide bonds. The van der Waals surface area contributed by atoms with Crippen molar-refractivity contribution >= 4 is 43.1 Å². The highest BCUT2D eigenvalue weighted by Crippen LogP contribution is 2.52. The molecule has 8 aromatic rings. The lowest BCUT2D eigenvalue weighted by Crippen LogP contribution is -2.03. The number of fused-ring (bicyclic) bond motifs is 4. The van der Waals surface area contributed by atoms with Crippen molar-refractivity contribution < 1.29 is 14.2 Å². The summed E-state index contributed by atoms with van der Waals surface area (Å²) in [7, 11) is 0. The van der Waals surface area contributed by atoms with E-state index in [0.717, 1.165) is 85.9 Å². The largest absolute Gasteiger partial charge is 0.453 e. The molecule has 0 unspecified atom stereocenters. The van der Waals surface area contributed by atoms with E-state index in [1.54, 1.807) is 0 Å². The molecule has 3 heteroatoms. The molecule has 8 aromatic carbocycles. The number of aryl methyl sites for hydroxylation is 4. The Bertz CT molecular complexity index is 2700. The first kappa shape index (κ1) is 51.6. The van der Waals surface area contributed by atoms with Gasteiger partial charge < -0.3 is 14.2 Å². The highest BCUT2D eigenvalue weighted by Gasteiger charge is 2.27. The zero-order chi connectivity index (χ0) is 49.0. The van der Waals surface area contributed by atoms with Crippen LogP contribution in [0.1, 0.15) is 178 Å². The van der Waals surface area contributed by atoms with Gasteiger partial charge in [0.15, 0.2) is 23.0 Å². The highest BCUT2D eigenvalue weighted by atomic mass is 16.5. The van der Waals surface area contributed by atoms with Gasteiger partial charge in [0.2, 0.25) is 0 Å². The third-order valence-corrected chi connectivity index (χ3v) is 14.9. The van der Waals surface area contributed by atoms with Crippen molar-refractivity contribution in [3.8, 4) is 34.5 Å². The highest BCUT2D eigenvalue weighted by molar-refractivity contribution is 6.11. The van der Waals surface area contributed by atoms with Gasteiger partial charge in [0, 0.05) is 10.8 Å². The van der Waals surface area contributed by atoms with Crippen LogP contribution in [-0.2, 0) is 25.7 Å². The minimum atomic E-state index is 0.723. The van der Waals surface area contributed by atoms with E-state index in [2.05, 4.69) is 161 Å². The molecular formula is C68H82O3. The van der Waals surface area contributed by atoms with Crippen molar-refractivity contribution in [2.24, 2.45) is 0 Å². The standard InChI is InChI=1S/C68H82O3/c1-5-9-13-17-27-39-57-53-41-31-33-43-55(53)59(45-29-19-15-11-7-3)65-61(57)47-49-63(69-51-35-23-21-24-36-51)67(65)71-68-64(70-52-37-25-22-26-38-52)50-48-62-58(40-28-18-14-10-6-2)54-42-32-34-44-56(54)60(66(62)68)46-30-20-16-12-8-4/h21-26,31-38,41-44,47-50H,5-20,27-30,39-40,45-46H2,1-4H3.